The van der Waals surface area contributed by atoms with Crippen LogP contribution in [0.4, 0.5) is 0 Å². The minimum atomic E-state index is -0.846. The van der Waals surface area contributed by atoms with Gasteiger partial charge in [-0.25, -0.2) is 9.78 Å². The highest BCUT2D eigenvalue weighted by Crippen LogP contribution is 2.24. The Kier molecular flexibility index (Phi) is 7.03. The second-order valence-electron chi connectivity index (χ2n) is 7.22. The van der Waals surface area contributed by atoms with E-state index in [9.17, 15) is 9.59 Å². The molecule has 0 radical (unpaired) electrons. The molecule has 3 rings (SSSR count). The van der Waals surface area contributed by atoms with Gasteiger partial charge in [-0.2, -0.15) is 0 Å². The number of hydrogen-bond donors (Lipinski definition) is 1. The van der Waals surface area contributed by atoms with E-state index in [1.54, 1.807) is 36.7 Å². The lowest BCUT2D eigenvalue weighted by molar-refractivity contribution is -0.130. The molecule has 3 unspecified atom stereocenters. The maximum atomic E-state index is 12.4. The summed E-state index contributed by atoms with van der Waals surface area (Å²) < 4.78 is 11.0. The van der Waals surface area contributed by atoms with Crippen molar-refractivity contribution in [1.82, 2.24) is 10.3 Å². The van der Waals surface area contributed by atoms with Crippen LogP contribution >= 0.6 is 11.3 Å². The van der Waals surface area contributed by atoms with Crippen molar-refractivity contribution in [1.29, 1.82) is 0 Å². The molecule has 150 valence electrons. The standard InChI is InChI=1S/C21H26N2O4S/c1-14-6-3-4-9-19(14)23-20(24)15(2)27-21(25)16-7-5-8-18(10-16)26-11-17-12-28-13-22-17/h5,7-8,10,12-15,19H,3-4,6,9,11H2,1-2H3,(H,23,24). The molecular formula is C21H26N2O4S. The van der Waals surface area contributed by atoms with Gasteiger partial charge in [-0.3, -0.25) is 4.79 Å². The Morgan fingerprint density at radius 2 is 2.14 bits per heavy atom. The van der Waals surface area contributed by atoms with Crippen LogP contribution in [0.25, 0.3) is 0 Å². The Hall–Kier alpha value is -2.41. The van der Waals surface area contributed by atoms with Crippen LogP contribution in [0.15, 0.2) is 35.2 Å². The van der Waals surface area contributed by atoms with Crippen molar-refractivity contribution in [2.75, 3.05) is 0 Å². The average Bonchev–Trinajstić information content (AvgIpc) is 3.22. The number of esters is 1. The molecular weight excluding hydrogens is 376 g/mol. The summed E-state index contributed by atoms with van der Waals surface area (Å²) in [6.45, 7) is 4.08. The van der Waals surface area contributed by atoms with Crippen LogP contribution in [0.3, 0.4) is 0 Å². The number of hydrogen-bond acceptors (Lipinski definition) is 6. The van der Waals surface area contributed by atoms with E-state index in [0.29, 0.717) is 23.8 Å². The van der Waals surface area contributed by atoms with Gasteiger partial charge in [0.25, 0.3) is 5.91 Å². The first kappa shape index (κ1) is 20.3. The zero-order valence-electron chi connectivity index (χ0n) is 16.2. The van der Waals surface area contributed by atoms with E-state index in [4.69, 9.17) is 9.47 Å². The van der Waals surface area contributed by atoms with Gasteiger partial charge in [0.2, 0.25) is 0 Å². The quantitative estimate of drug-likeness (QED) is 0.709. The summed E-state index contributed by atoms with van der Waals surface area (Å²) in [5.74, 6) is 0.212. The highest BCUT2D eigenvalue weighted by Gasteiger charge is 2.26. The van der Waals surface area contributed by atoms with Gasteiger partial charge in [-0.15, -0.1) is 11.3 Å². The van der Waals surface area contributed by atoms with Gasteiger partial charge in [0.1, 0.15) is 12.4 Å². The first-order chi connectivity index (χ1) is 13.5. The molecule has 1 aliphatic rings. The molecule has 1 fully saturated rings. The fraction of sp³-hybridized carbons (Fsp3) is 0.476. The molecule has 7 heteroatoms. The summed E-state index contributed by atoms with van der Waals surface area (Å²) in [4.78, 5) is 29.0. The van der Waals surface area contributed by atoms with E-state index < -0.39 is 12.1 Å². The summed E-state index contributed by atoms with van der Waals surface area (Å²) in [7, 11) is 0. The molecule has 1 aromatic heterocycles. The predicted molar refractivity (Wildman–Crippen MR) is 107 cm³/mol. The molecule has 1 saturated carbocycles. The van der Waals surface area contributed by atoms with Gasteiger partial charge < -0.3 is 14.8 Å². The average molecular weight is 403 g/mol. The molecule has 1 aliphatic carbocycles. The third kappa shape index (κ3) is 5.55. The molecule has 0 spiro atoms. The van der Waals surface area contributed by atoms with Gasteiger partial charge in [0.15, 0.2) is 6.10 Å². The van der Waals surface area contributed by atoms with Gasteiger partial charge in [0, 0.05) is 11.4 Å². The Labute approximate surface area is 169 Å². The third-order valence-electron chi connectivity index (χ3n) is 5.03. The van der Waals surface area contributed by atoms with E-state index in [1.807, 2.05) is 5.38 Å². The number of thiazole rings is 1. The Morgan fingerprint density at radius 3 is 2.89 bits per heavy atom. The van der Waals surface area contributed by atoms with Gasteiger partial charge >= 0.3 is 5.97 Å². The topological polar surface area (TPSA) is 77.5 Å². The van der Waals surface area contributed by atoms with Crippen LogP contribution in [0.1, 0.15) is 55.6 Å². The smallest absolute Gasteiger partial charge is 0.339 e. The Morgan fingerprint density at radius 1 is 1.32 bits per heavy atom. The van der Waals surface area contributed by atoms with Crippen LogP contribution in [0.5, 0.6) is 5.75 Å². The number of nitrogens with zero attached hydrogens (tertiary/aromatic N) is 1. The molecule has 0 bridgehead atoms. The molecule has 28 heavy (non-hydrogen) atoms. The van der Waals surface area contributed by atoms with Crippen LogP contribution in [0, 0.1) is 5.92 Å². The highest BCUT2D eigenvalue weighted by molar-refractivity contribution is 7.07. The summed E-state index contributed by atoms with van der Waals surface area (Å²) in [5.41, 5.74) is 2.93. The van der Waals surface area contributed by atoms with Gasteiger partial charge in [-0.1, -0.05) is 25.8 Å². The minimum absolute atomic E-state index is 0.157. The summed E-state index contributed by atoms with van der Waals surface area (Å²) in [5, 5.41) is 4.93. The zero-order chi connectivity index (χ0) is 19.9. The van der Waals surface area contributed by atoms with Crippen LogP contribution in [-0.2, 0) is 16.1 Å². The maximum absolute atomic E-state index is 12.4. The lowest BCUT2D eigenvalue weighted by atomic mass is 9.86. The van der Waals surface area contributed by atoms with E-state index >= 15 is 0 Å². The number of nitrogens with one attached hydrogen (secondary N) is 1. The van der Waals surface area contributed by atoms with Gasteiger partial charge in [-0.05, 0) is 43.9 Å². The van der Waals surface area contributed by atoms with Crippen molar-refractivity contribution in [3.05, 3.63) is 46.4 Å². The van der Waals surface area contributed by atoms with Crippen LogP contribution in [-0.4, -0.2) is 29.0 Å². The number of carbonyl (C=O) groups is 2. The fourth-order valence-corrected chi connectivity index (χ4v) is 3.83. The molecule has 1 aromatic carbocycles. The lowest BCUT2D eigenvalue weighted by Gasteiger charge is -2.30. The number of ether oxygens (including phenoxy) is 2. The monoisotopic (exact) mass is 402 g/mol. The largest absolute Gasteiger partial charge is 0.487 e. The second kappa shape index (κ2) is 9.68. The molecule has 3 atom stereocenters. The predicted octanol–water partition coefficient (Wildman–Crippen LogP) is 3.96. The molecule has 0 saturated heterocycles. The van der Waals surface area contributed by atoms with Crippen LogP contribution in [0.2, 0.25) is 0 Å². The first-order valence-electron chi connectivity index (χ1n) is 9.64. The highest BCUT2D eigenvalue weighted by atomic mass is 32.1. The van der Waals surface area contributed by atoms with Crippen molar-refractivity contribution in [2.24, 2.45) is 5.92 Å². The van der Waals surface area contributed by atoms with Crippen molar-refractivity contribution in [3.63, 3.8) is 0 Å². The lowest BCUT2D eigenvalue weighted by Crippen LogP contribution is -2.45. The summed E-state index contributed by atoms with van der Waals surface area (Å²) >= 11 is 1.50. The van der Waals surface area contributed by atoms with E-state index in [1.165, 1.54) is 17.8 Å². The van der Waals surface area contributed by atoms with E-state index in [-0.39, 0.29) is 11.9 Å². The van der Waals surface area contributed by atoms with E-state index in [2.05, 4.69) is 17.2 Å². The second-order valence-corrected chi connectivity index (χ2v) is 7.94. The third-order valence-corrected chi connectivity index (χ3v) is 5.67. The number of amides is 1. The van der Waals surface area contributed by atoms with Crippen molar-refractivity contribution >= 4 is 23.2 Å². The van der Waals surface area contributed by atoms with Crippen molar-refractivity contribution < 1.29 is 19.1 Å². The zero-order valence-corrected chi connectivity index (χ0v) is 17.0. The van der Waals surface area contributed by atoms with Crippen molar-refractivity contribution in [3.8, 4) is 5.75 Å². The normalized spacial score (nSPS) is 20.2. The number of aromatic nitrogens is 1. The number of benzene rings is 1. The maximum Gasteiger partial charge on any atom is 0.339 e. The Bertz CT molecular complexity index is 793. The number of rotatable bonds is 7. The SMILES string of the molecule is CC(OC(=O)c1cccc(OCc2cscn2)c1)C(=O)NC1CCCCC1C. The summed E-state index contributed by atoms with van der Waals surface area (Å²) in [6.07, 6.45) is 3.58. The molecule has 0 aliphatic heterocycles. The molecule has 6 nitrogen and oxygen atoms in total. The van der Waals surface area contributed by atoms with Gasteiger partial charge in [0.05, 0.1) is 16.8 Å². The van der Waals surface area contributed by atoms with Crippen molar-refractivity contribution in [2.45, 2.75) is 58.3 Å². The molecule has 2 aromatic rings. The molecule has 1 heterocycles. The Balaban J connectivity index is 1.53. The molecule has 1 N–H and O–H groups in total. The fourth-order valence-electron chi connectivity index (χ4n) is 3.29. The van der Waals surface area contributed by atoms with Crippen LogP contribution < -0.4 is 10.1 Å². The first-order valence-corrected chi connectivity index (χ1v) is 10.6. The molecule has 1 amide bonds. The minimum Gasteiger partial charge on any atom is -0.487 e. The van der Waals surface area contributed by atoms with E-state index in [0.717, 1.165) is 25.0 Å². The summed E-state index contributed by atoms with van der Waals surface area (Å²) in [6, 6.07) is 6.91. The number of carbonyl (C=O) groups excluding carboxylic acids is 2.